The molecule has 5 heteroatoms. The van der Waals surface area contributed by atoms with Gasteiger partial charge in [-0.1, -0.05) is 6.92 Å². The van der Waals surface area contributed by atoms with E-state index in [0.29, 0.717) is 24.4 Å². The molecule has 1 atom stereocenters. The van der Waals surface area contributed by atoms with Crippen LogP contribution in [0.4, 0.5) is 11.4 Å². The predicted molar refractivity (Wildman–Crippen MR) is 78.4 cm³/mol. The topological polar surface area (TPSA) is 76.4 Å². The number of nitrogen functional groups attached to an aromatic ring is 1. The monoisotopic (exact) mass is 265 g/mol. The molecule has 0 heterocycles. The first-order valence-electron chi connectivity index (χ1n) is 6.55. The van der Waals surface area contributed by atoms with Crippen LogP contribution >= 0.6 is 0 Å². The second-order valence-electron chi connectivity index (χ2n) is 4.37. The molecule has 1 aromatic carbocycles. The summed E-state index contributed by atoms with van der Waals surface area (Å²) in [5.74, 6) is -0.0998. The second-order valence-corrected chi connectivity index (χ2v) is 4.37. The van der Waals surface area contributed by atoms with E-state index in [1.54, 1.807) is 25.3 Å². The molecular weight excluding hydrogens is 242 g/mol. The Labute approximate surface area is 114 Å². The number of carbonyl (C=O) groups excluding carboxylic acids is 1. The average Bonchev–Trinajstić information content (AvgIpc) is 2.38. The van der Waals surface area contributed by atoms with E-state index in [4.69, 9.17) is 10.5 Å². The summed E-state index contributed by atoms with van der Waals surface area (Å²) in [6, 6.07) is 5.40. The van der Waals surface area contributed by atoms with Gasteiger partial charge in [-0.15, -0.1) is 0 Å². The number of rotatable bonds is 7. The molecule has 106 valence electrons. The molecule has 4 N–H and O–H groups in total. The van der Waals surface area contributed by atoms with Crippen LogP contribution in [0.5, 0.6) is 0 Å². The number of nitrogens with two attached hydrogens (primary N) is 1. The molecule has 0 aliphatic rings. The summed E-state index contributed by atoms with van der Waals surface area (Å²) in [6.07, 6.45) is 0.900. The standard InChI is InChI=1S/C14H23N3O2/c1-4-11(9-19-3)17-13-8-10(15)6-7-12(13)14(18)16-5-2/h6-8,11,17H,4-5,9,15H2,1-3H3,(H,16,18). The van der Waals surface area contributed by atoms with Gasteiger partial charge in [0, 0.05) is 31.1 Å². The molecule has 0 aromatic heterocycles. The third-order valence-electron chi connectivity index (χ3n) is 2.85. The highest BCUT2D eigenvalue weighted by atomic mass is 16.5. The van der Waals surface area contributed by atoms with Gasteiger partial charge in [0.15, 0.2) is 0 Å². The van der Waals surface area contributed by atoms with Crippen LogP contribution in [0.2, 0.25) is 0 Å². The molecule has 0 radical (unpaired) electrons. The Morgan fingerprint density at radius 1 is 1.42 bits per heavy atom. The zero-order valence-electron chi connectivity index (χ0n) is 11.8. The Balaban J connectivity index is 2.96. The maximum Gasteiger partial charge on any atom is 0.253 e. The number of hydrogen-bond acceptors (Lipinski definition) is 4. The fourth-order valence-electron chi connectivity index (χ4n) is 1.82. The summed E-state index contributed by atoms with van der Waals surface area (Å²) in [4.78, 5) is 12.0. The Morgan fingerprint density at radius 3 is 2.74 bits per heavy atom. The molecule has 0 saturated heterocycles. The van der Waals surface area contributed by atoms with E-state index in [1.165, 1.54) is 0 Å². The van der Waals surface area contributed by atoms with Gasteiger partial charge in [-0.05, 0) is 31.5 Å². The molecule has 19 heavy (non-hydrogen) atoms. The number of amides is 1. The lowest BCUT2D eigenvalue weighted by Gasteiger charge is -2.20. The van der Waals surface area contributed by atoms with Gasteiger partial charge in [-0.25, -0.2) is 0 Å². The van der Waals surface area contributed by atoms with Crippen LogP contribution in [0.25, 0.3) is 0 Å². The molecule has 5 nitrogen and oxygen atoms in total. The highest BCUT2D eigenvalue weighted by Crippen LogP contribution is 2.21. The summed E-state index contributed by atoms with van der Waals surface area (Å²) in [6.45, 7) is 5.13. The number of nitrogens with one attached hydrogen (secondary N) is 2. The van der Waals surface area contributed by atoms with E-state index in [2.05, 4.69) is 17.6 Å². The summed E-state index contributed by atoms with van der Waals surface area (Å²) in [5, 5.41) is 6.11. The van der Waals surface area contributed by atoms with Gasteiger partial charge in [0.05, 0.1) is 12.2 Å². The number of methoxy groups -OCH3 is 1. The molecule has 1 aromatic rings. The van der Waals surface area contributed by atoms with Crippen LogP contribution in [0, 0.1) is 0 Å². The van der Waals surface area contributed by atoms with Crippen molar-refractivity contribution in [3.8, 4) is 0 Å². The van der Waals surface area contributed by atoms with Gasteiger partial charge in [0.25, 0.3) is 5.91 Å². The Bertz CT molecular complexity index is 421. The maximum atomic E-state index is 12.0. The van der Waals surface area contributed by atoms with E-state index < -0.39 is 0 Å². The minimum Gasteiger partial charge on any atom is -0.399 e. The Kier molecular flexibility index (Phi) is 6.15. The van der Waals surface area contributed by atoms with Crippen LogP contribution in [-0.2, 0) is 4.74 Å². The second kappa shape index (κ2) is 7.63. The molecule has 0 aliphatic carbocycles. The number of benzene rings is 1. The van der Waals surface area contributed by atoms with Crippen molar-refractivity contribution in [2.75, 3.05) is 31.3 Å². The summed E-state index contributed by atoms with van der Waals surface area (Å²) >= 11 is 0. The molecule has 0 saturated carbocycles. The van der Waals surface area contributed by atoms with Gasteiger partial charge < -0.3 is 21.1 Å². The van der Waals surface area contributed by atoms with Crippen molar-refractivity contribution in [3.05, 3.63) is 23.8 Å². The van der Waals surface area contributed by atoms with Crippen molar-refractivity contribution >= 4 is 17.3 Å². The van der Waals surface area contributed by atoms with Crippen LogP contribution < -0.4 is 16.4 Å². The van der Waals surface area contributed by atoms with Crippen molar-refractivity contribution in [1.29, 1.82) is 0 Å². The van der Waals surface area contributed by atoms with Crippen molar-refractivity contribution in [2.45, 2.75) is 26.3 Å². The molecule has 1 rings (SSSR count). The quantitative estimate of drug-likeness (QED) is 0.658. The number of carbonyl (C=O) groups is 1. The smallest absolute Gasteiger partial charge is 0.253 e. The Morgan fingerprint density at radius 2 is 2.16 bits per heavy atom. The van der Waals surface area contributed by atoms with Crippen LogP contribution in [0.15, 0.2) is 18.2 Å². The van der Waals surface area contributed by atoms with E-state index in [-0.39, 0.29) is 11.9 Å². The molecule has 1 unspecified atom stereocenters. The highest BCUT2D eigenvalue weighted by molar-refractivity contribution is 6.00. The van der Waals surface area contributed by atoms with Crippen LogP contribution in [0.3, 0.4) is 0 Å². The van der Waals surface area contributed by atoms with Crippen LogP contribution in [0.1, 0.15) is 30.6 Å². The van der Waals surface area contributed by atoms with E-state index in [1.807, 2.05) is 6.92 Å². The first-order valence-corrected chi connectivity index (χ1v) is 6.55. The molecule has 0 aliphatic heterocycles. The minimum atomic E-state index is -0.0998. The SMILES string of the molecule is CCNC(=O)c1ccc(N)cc1NC(CC)COC. The van der Waals surface area contributed by atoms with Crippen molar-refractivity contribution in [2.24, 2.45) is 0 Å². The molecule has 0 bridgehead atoms. The Hall–Kier alpha value is -1.75. The highest BCUT2D eigenvalue weighted by Gasteiger charge is 2.14. The summed E-state index contributed by atoms with van der Waals surface area (Å²) in [5.41, 5.74) is 7.77. The predicted octanol–water partition coefficient (Wildman–Crippen LogP) is 1.86. The van der Waals surface area contributed by atoms with E-state index in [0.717, 1.165) is 12.1 Å². The van der Waals surface area contributed by atoms with Crippen molar-refractivity contribution < 1.29 is 9.53 Å². The van der Waals surface area contributed by atoms with Gasteiger partial charge in [0.2, 0.25) is 0 Å². The lowest BCUT2D eigenvalue weighted by molar-refractivity contribution is 0.0956. The van der Waals surface area contributed by atoms with E-state index in [9.17, 15) is 4.79 Å². The first kappa shape index (κ1) is 15.3. The largest absolute Gasteiger partial charge is 0.399 e. The van der Waals surface area contributed by atoms with E-state index >= 15 is 0 Å². The molecule has 0 fully saturated rings. The van der Waals surface area contributed by atoms with Crippen molar-refractivity contribution in [1.82, 2.24) is 5.32 Å². The lowest BCUT2D eigenvalue weighted by atomic mass is 10.1. The number of anilines is 2. The molecule has 0 spiro atoms. The third-order valence-corrected chi connectivity index (χ3v) is 2.85. The lowest BCUT2D eigenvalue weighted by Crippen LogP contribution is -2.28. The number of ether oxygens (including phenoxy) is 1. The zero-order chi connectivity index (χ0) is 14.3. The maximum absolute atomic E-state index is 12.0. The normalized spacial score (nSPS) is 11.9. The summed E-state index contributed by atoms with van der Waals surface area (Å²) in [7, 11) is 1.66. The fourth-order valence-corrected chi connectivity index (χ4v) is 1.82. The van der Waals surface area contributed by atoms with Crippen LogP contribution in [-0.4, -0.2) is 32.2 Å². The first-order chi connectivity index (χ1) is 9.12. The van der Waals surface area contributed by atoms with Crippen molar-refractivity contribution in [3.63, 3.8) is 0 Å². The van der Waals surface area contributed by atoms with Gasteiger partial charge in [0.1, 0.15) is 0 Å². The fraction of sp³-hybridized carbons (Fsp3) is 0.500. The van der Waals surface area contributed by atoms with Gasteiger partial charge >= 0.3 is 0 Å². The minimum absolute atomic E-state index is 0.0998. The van der Waals surface area contributed by atoms with Gasteiger partial charge in [-0.2, -0.15) is 0 Å². The number of hydrogen-bond donors (Lipinski definition) is 3. The molecular formula is C14H23N3O2. The van der Waals surface area contributed by atoms with Gasteiger partial charge in [-0.3, -0.25) is 4.79 Å². The average molecular weight is 265 g/mol. The zero-order valence-corrected chi connectivity index (χ0v) is 11.8. The molecule has 1 amide bonds. The third kappa shape index (κ3) is 4.44. The summed E-state index contributed by atoms with van der Waals surface area (Å²) < 4.78 is 5.15.